The number of carbonyl (C=O) groups is 1. The molecule has 1 aliphatic heterocycles. The Balaban J connectivity index is 1.79. The van der Waals surface area contributed by atoms with Gasteiger partial charge in [0.2, 0.25) is 0 Å². The lowest BCUT2D eigenvalue weighted by molar-refractivity contribution is -0.153. The molecule has 1 saturated carbocycles. The summed E-state index contributed by atoms with van der Waals surface area (Å²) in [4.78, 5) is 11.5. The van der Waals surface area contributed by atoms with Gasteiger partial charge < -0.3 is 19.3 Å². The minimum absolute atomic E-state index is 0.166. The number of benzene rings is 1. The molecule has 0 amide bonds. The van der Waals surface area contributed by atoms with Crippen LogP contribution >= 0.6 is 0 Å². The molecule has 20 heavy (non-hydrogen) atoms. The van der Waals surface area contributed by atoms with Crippen molar-refractivity contribution in [1.29, 1.82) is 0 Å². The summed E-state index contributed by atoms with van der Waals surface area (Å²) in [5.41, 5.74) is 0.622. The third-order valence-electron chi connectivity index (χ3n) is 3.82. The summed E-state index contributed by atoms with van der Waals surface area (Å²) < 4.78 is 16.3. The van der Waals surface area contributed by atoms with Gasteiger partial charge in [0.15, 0.2) is 17.6 Å². The summed E-state index contributed by atoms with van der Waals surface area (Å²) in [5, 5.41) is 9.94. The van der Waals surface area contributed by atoms with E-state index in [0.29, 0.717) is 30.3 Å². The van der Waals surface area contributed by atoms with Crippen molar-refractivity contribution in [3.05, 3.63) is 23.8 Å². The van der Waals surface area contributed by atoms with Crippen LogP contribution in [-0.2, 0) is 9.53 Å². The highest BCUT2D eigenvalue weighted by atomic mass is 16.5. The van der Waals surface area contributed by atoms with Crippen molar-refractivity contribution < 1.29 is 24.1 Å². The van der Waals surface area contributed by atoms with Crippen LogP contribution in [0.3, 0.4) is 0 Å². The van der Waals surface area contributed by atoms with Gasteiger partial charge in [0.25, 0.3) is 0 Å². The minimum atomic E-state index is -1.29. The summed E-state index contributed by atoms with van der Waals surface area (Å²) in [6, 6.07) is 5.04. The number of aliphatic hydroxyl groups excluding tert-OH is 1. The second-order valence-electron chi connectivity index (χ2n) is 5.44. The number of hydrogen-bond donors (Lipinski definition) is 1. The smallest absolute Gasteiger partial charge is 0.339 e. The van der Waals surface area contributed by atoms with Crippen LogP contribution in [0.1, 0.15) is 31.4 Å². The number of ether oxygens (including phenoxy) is 3. The first-order valence-corrected chi connectivity index (χ1v) is 6.88. The molecule has 1 unspecified atom stereocenters. The Morgan fingerprint density at radius 3 is 2.70 bits per heavy atom. The van der Waals surface area contributed by atoms with Crippen LogP contribution in [0.25, 0.3) is 0 Å². The highest BCUT2D eigenvalue weighted by Gasteiger charge is 2.46. The van der Waals surface area contributed by atoms with Crippen LogP contribution in [0, 0.1) is 5.41 Å². The third-order valence-corrected chi connectivity index (χ3v) is 3.82. The van der Waals surface area contributed by atoms with Crippen molar-refractivity contribution in [2.24, 2.45) is 5.41 Å². The van der Waals surface area contributed by atoms with Gasteiger partial charge in [-0.15, -0.1) is 0 Å². The van der Waals surface area contributed by atoms with Gasteiger partial charge in [-0.05, 0) is 37.5 Å². The van der Waals surface area contributed by atoms with Crippen LogP contribution in [0.5, 0.6) is 11.5 Å². The number of esters is 1. The molecule has 2 aliphatic rings. The number of fused-ring (bicyclic) bond motifs is 1. The molecule has 1 aromatic rings. The third kappa shape index (κ3) is 2.45. The van der Waals surface area contributed by atoms with Crippen molar-refractivity contribution in [1.82, 2.24) is 0 Å². The summed E-state index contributed by atoms with van der Waals surface area (Å²) >= 11 is 0. The standard InChI is InChI=1S/C15H18O5/c1-2-18-14(17)13(16)10-3-4-11-12(7-10)20-9-15(5-6-15)8-19-11/h3-4,7,13,16H,2,5-6,8-9H2,1H3. The molecule has 5 heteroatoms. The molecule has 1 aromatic carbocycles. The van der Waals surface area contributed by atoms with E-state index >= 15 is 0 Å². The first-order chi connectivity index (χ1) is 9.63. The summed E-state index contributed by atoms with van der Waals surface area (Å²) in [5.74, 6) is 0.587. The van der Waals surface area contributed by atoms with Crippen molar-refractivity contribution in [2.75, 3.05) is 19.8 Å². The number of aliphatic hydroxyl groups is 1. The largest absolute Gasteiger partial charge is 0.489 e. The van der Waals surface area contributed by atoms with E-state index in [1.54, 1.807) is 25.1 Å². The second kappa shape index (κ2) is 4.98. The fraction of sp³-hybridized carbons (Fsp3) is 0.533. The van der Waals surface area contributed by atoms with E-state index in [9.17, 15) is 9.90 Å². The molecule has 1 N–H and O–H groups in total. The predicted molar refractivity (Wildman–Crippen MR) is 70.7 cm³/mol. The van der Waals surface area contributed by atoms with E-state index < -0.39 is 12.1 Å². The molecule has 108 valence electrons. The topological polar surface area (TPSA) is 65.0 Å². The fourth-order valence-electron chi connectivity index (χ4n) is 2.25. The second-order valence-corrected chi connectivity index (χ2v) is 5.44. The van der Waals surface area contributed by atoms with Crippen LogP contribution in [0.15, 0.2) is 18.2 Å². The van der Waals surface area contributed by atoms with Crippen LogP contribution in [0.2, 0.25) is 0 Å². The molecule has 1 fully saturated rings. The Morgan fingerprint density at radius 2 is 2.05 bits per heavy atom. The zero-order valence-electron chi connectivity index (χ0n) is 11.4. The maximum atomic E-state index is 11.5. The Morgan fingerprint density at radius 1 is 1.35 bits per heavy atom. The average molecular weight is 278 g/mol. The zero-order valence-corrected chi connectivity index (χ0v) is 11.4. The SMILES string of the molecule is CCOC(=O)C(O)c1ccc2c(c1)OCC1(CC1)CO2. The molecule has 0 bridgehead atoms. The van der Waals surface area contributed by atoms with Gasteiger partial charge in [0.1, 0.15) is 0 Å². The maximum Gasteiger partial charge on any atom is 0.339 e. The Hall–Kier alpha value is -1.75. The molecule has 1 spiro atoms. The van der Waals surface area contributed by atoms with Gasteiger partial charge in [-0.25, -0.2) is 4.79 Å². The number of rotatable bonds is 3. The number of hydrogen-bond acceptors (Lipinski definition) is 5. The Bertz CT molecular complexity index is 521. The Labute approximate surface area is 117 Å². The molecule has 0 radical (unpaired) electrons. The van der Waals surface area contributed by atoms with Crippen LogP contribution < -0.4 is 9.47 Å². The molecular weight excluding hydrogens is 260 g/mol. The van der Waals surface area contributed by atoms with Gasteiger partial charge in [-0.1, -0.05) is 6.07 Å². The predicted octanol–water partition coefficient (Wildman–Crippen LogP) is 1.83. The molecule has 0 saturated heterocycles. The number of carbonyl (C=O) groups excluding carboxylic acids is 1. The summed E-state index contributed by atoms with van der Waals surface area (Å²) in [6.45, 7) is 3.23. The van der Waals surface area contributed by atoms with Gasteiger partial charge in [0, 0.05) is 5.41 Å². The average Bonchev–Trinajstić information content (AvgIpc) is 3.25. The van der Waals surface area contributed by atoms with E-state index in [0.717, 1.165) is 12.8 Å². The lowest BCUT2D eigenvalue weighted by atomic mass is 10.1. The van der Waals surface area contributed by atoms with Crippen molar-refractivity contribution in [3.8, 4) is 11.5 Å². The van der Waals surface area contributed by atoms with Crippen LogP contribution in [-0.4, -0.2) is 30.9 Å². The van der Waals surface area contributed by atoms with Gasteiger partial charge in [0.05, 0.1) is 19.8 Å². The Kier molecular flexibility index (Phi) is 3.30. The van der Waals surface area contributed by atoms with E-state index in [-0.39, 0.29) is 12.0 Å². The molecule has 1 aliphatic carbocycles. The molecule has 3 rings (SSSR count). The van der Waals surface area contributed by atoms with Gasteiger partial charge in [-0.2, -0.15) is 0 Å². The van der Waals surface area contributed by atoms with Crippen molar-refractivity contribution in [2.45, 2.75) is 25.9 Å². The molecule has 1 atom stereocenters. The summed E-state index contributed by atoms with van der Waals surface area (Å²) in [6.07, 6.45) is 0.959. The summed E-state index contributed by atoms with van der Waals surface area (Å²) in [7, 11) is 0. The first kappa shape index (κ1) is 13.2. The van der Waals surface area contributed by atoms with Gasteiger partial charge >= 0.3 is 5.97 Å². The lowest BCUT2D eigenvalue weighted by Gasteiger charge is -2.13. The van der Waals surface area contributed by atoms with E-state index in [2.05, 4.69) is 0 Å². The van der Waals surface area contributed by atoms with Crippen LogP contribution in [0.4, 0.5) is 0 Å². The van der Waals surface area contributed by atoms with Gasteiger partial charge in [-0.3, -0.25) is 0 Å². The van der Waals surface area contributed by atoms with E-state index in [1.807, 2.05) is 0 Å². The minimum Gasteiger partial charge on any atom is -0.489 e. The van der Waals surface area contributed by atoms with Crippen molar-refractivity contribution >= 4 is 5.97 Å². The normalized spacial score (nSPS) is 20.1. The molecule has 0 aromatic heterocycles. The van der Waals surface area contributed by atoms with E-state index in [1.165, 1.54) is 0 Å². The highest BCUT2D eigenvalue weighted by molar-refractivity contribution is 5.76. The zero-order chi connectivity index (χ0) is 14.2. The lowest BCUT2D eigenvalue weighted by Crippen LogP contribution is -2.17. The quantitative estimate of drug-likeness (QED) is 0.855. The monoisotopic (exact) mass is 278 g/mol. The van der Waals surface area contributed by atoms with Crippen molar-refractivity contribution in [3.63, 3.8) is 0 Å². The fourth-order valence-corrected chi connectivity index (χ4v) is 2.25. The highest BCUT2D eigenvalue weighted by Crippen LogP contribution is 2.49. The maximum absolute atomic E-state index is 11.5. The van der Waals surface area contributed by atoms with E-state index in [4.69, 9.17) is 14.2 Å². The molecule has 1 heterocycles. The molecule has 5 nitrogen and oxygen atoms in total. The molecular formula is C15H18O5. The first-order valence-electron chi connectivity index (χ1n) is 6.88.